The first-order valence-corrected chi connectivity index (χ1v) is 5.65. The fraction of sp³-hybridized carbons (Fsp3) is 0.400. The van der Waals surface area contributed by atoms with Crippen molar-refractivity contribution in [2.45, 2.75) is 6.42 Å². The largest absolute Gasteiger partial charge is 0.325 e. The molecular weight excluding hydrogens is 258 g/mol. The van der Waals surface area contributed by atoms with E-state index in [2.05, 4.69) is 31.5 Å². The number of nitrogens with zero attached hydrogens (tertiary/aromatic N) is 1. The van der Waals surface area contributed by atoms with Crippen molar-refractivity contribution in [2.75, 3.05) is 18.4 Å². The van der Waals surface area contributed by atoms with Crippen LogP contribution in [0.25, 0.3) is 0 Å². The third kappa shape index (κ3) is 2.76. The number of hydrogen-bond acceptors (Lipinski definition) is 3. The molecule has 1 fully saturated rings. The number of carbonyl (C=O) groups is 1. The number of anilines is 1. The molecular formula is C10H12BrN3O. The van der Waals surface area contributed by atoms with Crippen LogP contribution in [-0.2, 0) is 4.79 Å². The first-order valence-electron chi connectivity index (χ1n) is 4.86. The molecule has 0 atom stereocenters. The zero-order chi connectivity index (χ0) is 10.7. The molecule has 0 saturated carbocycles. The van der Waals surface area contributed by atoms with Crippen LogP contribution in [-0.4, -0.2) is 24.0 Å². The van der Waals surface area contributed by atoms with Gasteiger partial charge in [-0.1, -0.05) is 0 Å². The predicted octanol–water partition coefficient (Wildman–Crippen LogP) is 1.39. The van der Waals surface area contributed by atoms with E-state index < -0.39 is 0 Å². The Balaban J connectivity index is 1.90. The summed E-state index contributed by atoms with van der Waals surface area (Å²) in [6, 6.07) is 1.78. The third-order valence-corrected chi connectivity index (χ3v) is 3.02. The maximum atomic E-state index is 11.6. The molecule has 2 rings (SSSR count). The second-order valence-corrected chi connectivity index (χ2v) is 4.49. The highest BCUT2D eigenvalue weighted by Crippen LogP contribution is 2.20. The van der Waals surface area contributed by atoms with Crippen LogP contribution < -0.4 is 10.6 Å². The lowest BCUT2D eigenvalue weighted by atomic mass is 9.99. The standard InChI is InChI=1S/C10H12BrN3O/c11-8-6-12-2-1-9(8)14-10(15)3-7-4-13-5-7/h1-2,6-7,13H,3-5H2,(H,12,14,15). The predicted molar refractivity (Wildman–Crippen MR) is 61.5 cm³/mol. The summed E-state index contributed by atoms with van der Waals surface area (Å²) < 4.78 is 0.810. The Bertz CT molecular complexity index is 365. The highest BCUT2D eigenvalue weighted by molar-refractivity contribution is 9.10. The summed E-state index contributed by atoms with van der Waals surface area (Å²) >= 11 is 3.33. The van der Waals surface area contributed by atoms with E-state index in [0.29, 0.717) is 12.3 Å². The van der Waals surface area contributed by atoms with Crippen LogP contribution in [0.5, 0.6) is 0 Å². The topological polar surface area (TPSA) is 54.0 Å². The molecule has 2 N–H and O–H groups in total. The minimum Gasteiger partial charge on any atom is -0.325 e. The van der Waals surface area contributed by atoms with Gasteiger partial charge < -0.3 is 10.6 Å². The van der Waals surface area contributed by atoms with Crippen molar-refractivity contribution in [3.05, 3.63) is 22.9 Å². The Labute approximate surface area is 96.6 Å². The molecule has 4 nitrogen and oxygen atoms in total. The van der Waals surface area contributed by atoms with Gasteiger partial charge in [-0.15, -0.1) is 0 Å². The molecule has 0 radical (unpaired) electrons. The van der Waals surface area contributed by atoms with Gasteiger partial charge in [0.1, 0.15) is 0 Å². The van der Waals surface area contributed by atoms with Gasteiger partial charge >= 0.3 is 0 Å². The monoisotopic (exact) mass is 269 g/mol. The van der Waals surface area contributed by atoms with E-state index in [9.17, 15) is 4.79 Å². The van der Waals surface area contributed by atoms with E-state index in [-0.39, 0.29) is 5.91 Å². The van der Waals surface area contributed by atoms with Crippen molar-refractivity contribution >= 4 is 27.5 Å². The van der Waals surface area contributed by atoms with Gasteiger partial charge in [0.05, 0.1) is 10.2 Å². The summed E-state index contributed by atoms with van der Waals surface area (Å²) in [5.74, 6) is 0.555. The Kier molecular flexibility index (Phi) is 3.33. The summed E-state index contributed by atoms with van der Waals surface area (Å²) in [7, 11) is 0. The number of rotatable bonds is 3. The highest BCUT2D eigenvalue weighted by atomic mass is 79.9. The molecule has 80 valence electrons. The Morgan fingerprint density at radius 2 is 2.47 bits per heavy atom. The Morgan fingerprint density at radius 3 is 3.07 bits per heavy atom. The highest BCUT2D eigenvalue weighted by Gasteiger charge is 2.20. The average molecular weight is 270 g/mol. The Morgan fingerprint density at radius 1 is 1.67 bits per heavy atom. The summed E-state index contributed by atoms with van der Waals surface area (Å²) in [5.41, 5.74) is 0.780. The van der Waals surface area contributed by atoms with Gasteiger partial charge in [-0.2, -0.15) is 0 Å². The number of aromatic nitrogens is 1. The van der Waals surface area contributed by atoms with Crippen molar-refractivity contribution in [1.29, 1.82) is 0 Å². The van der Waals surface area contributed by atoms with Gasteiger partial charge in [-0.05, 0) is 41.0 Å². The van der Waals surface area contributed by atoms with Crippen LogP contribution in [0.1, 0.15) is 6.42 Å². The van der Waals surface area contributed by atoms with Crippen LogP contribution in [0.3, 0.4) is 0 Å². The smallest absolute Gasteiger partial charge is 0.224 e. The van der Waals surface area contributed by atoms with Crippen molar-refractivity contribution in [3.63, 3.8) is 0 Å². The van der Waals surface area contributed by atoms with E-state index in [1.54, 1.807) is 18.5 Å². The molecule has 0 spiro atoms. The maximum absolute atomic E-state index is 11.6. The molecule has 1 amide bonds. The van der Waals surface area contributed by atoms with Gasteiger partial charge in [0.15, 0.2) is 0 Å². The molecule has 1 aromatic rings. The normalized spacial score (nSPS) is 15.8. The summed E-state index contributed by atoms with van der Waals surface area (Å²) in [5, 5.41) is 6.00. The number of halogens is 1. The van der Waals surface area contributed by atoms with Crippen molar-refractivity contribution < 1.29 is 4.79 Å². The first kappa shape index (κ1) is 10.6. The maximum Gasteiger partial charge on any atom is 0.224 e. The van der Waals surface area contributed by atoms with Gasteiger partial charge in [-0.3, -0.25) is 9.78 Å². The van der Waals surface area contributed by atoms with Gasteiger partial charge in [0, 0.05) is 18.8 Å². The fourth-order valence-corrected chi connectivity index (χ4v) is 1.78. The SMILES string of the molecule is O=C(CC1CNC1)Nc1ccncc1Br. The second kappa shape index (κ2) is 4.72. The minimum absolute atomic E-state index is 0.0633. The van der Waals surface area contributed by atoms with Crippen molar-refractivity contribution in [3.8, 4) is 0 Å². The molecule has 0 unspecified atom stereocenters. The van der Waals surface area contributed by atoms with E-state index in [1.807, 2.05) is 0 Å². The first-order chi connectivity index (χ1) is 7.25. The summed E-state index contributed by atoms with van der Waals surface area (Å²) in [6.45, 7) is 1.90. The van der Waals surface area contributed by atoms with Crippen LogP contribution in [0, 0.1) is 5.92 Å². The van der Waals surface area contributed by atoms with Crippen LogP contribution in [0.2, 0.25) is 0 Å². The molecule has 15 heavy (non-hydrogen) atoms. The third-order valence-electron chi connectivity index (χ3n) is 2.39. The molecule has 0 aromatic carbocycles. The van der Waals surface area contributed by atoms with Gasteiger partial charge in [-0.25, -0.2) is 0 Å². The van der Waals surface area contributed by atoms with Crippen molar-refractivity contribution in [2.24, 2.45) is 5.92 Å². The fourth-order valence-electron chi connectivity index (χ4n) is 1.43. The summed E-state index contributed by atoms with van der Waals surface area (Å²) in [6.07, 6.45) is 3.91. The van der Waals surface area contributed by atoms with Crippen LogP contribution in [0.4, 0.5) is 5.69 Å². The summed E-state index contributed by atoms with van der Waals surface area (Å²) in [4.78, 5) is 15.5. The lowest BCUT2D eigenvalue weighted by molar-refractivity contribution is -0.117. The molecule has 5 heteroatoms. The molecule has 2 heterocycles. The molecule has 0 aliphatic carbocycles. The number of pyridine rings is 1. The molecule has 1 saturated heterocycles. The number of nitrogens with one attached hydrogen (secondary N) is 2. The zero-order valence-corrected chi connectivity index (χ0v) is 9.75. The zero-order valence-electron chi connectivity index (χ0n) is 8.16. The lowest BCUT2D eigenvalue weighted by Gasteiger charge is -2.26. The number of hydrogen-bond donors (Lipinski definition) is 2. The Hall–Kier alpha value is -0.940. The molecule has 0 bridgehead atoms. The van der Waals surface area contributed by atoms with E-state index in [1.165, 1.54) is 0 Å². The quantitative estimate of drug-likeness (QED) is 0.872. The van der Waals surface area contributed by atoms with Crippen LogP contribution >= 0.6 is 15.9 Å². The average Bonchev–Trinajstić information content (AvgIpc) is 2.16. The molecule has 1 aliphatic heterocycles. The van der Waals surface area contributed by atoms with E-state index in [0.717, 1.165) is 23.2 Å². The lowest BCUT2D eigenvalue weighted by Crippen LogP contribution is -2.43. The van der Waals surface area contributed by atoms with Crippen LogP contribution in [0.15, 0.2) is 22.9 Å². The van der Waals surface area contributed by atoms with Crippen molar-refractivity contribution in [1.82, 2.24) is 10.3 Å². The number of carbonyl (C=O) groups excluding carboxylic acids is 1. The second-order valence-electron chi connectivity index (χ2n) is 3.63. The number of amides is 1. The molecule has 1 aliphatic rings. The van der Waals surface area contributed by atoms with E-state index >= 15 is 0 Å². The van der Waals surface area contributed by atoms with Gasteiger partial charge in [0.2, 0.25) is 5.91 Å². The van der Waals surface area contributed by atoms with E-state index in [4.69, 9.17) is 0 Å². The molecule has 1 aromatic heterocycles. The minimum atomic E-state index is 0.0633. The van der Waals surface area contributed by atoms with Gasteiger partial charge in [0.25, 0.3) is 0 Å².